The zero-order valence-corrected chi connectivity index (χ0v) is 17.5. The molecule has 1 heterocycles. The molecule has 3 rings (SSSR count). The Kier molecular flexibility index (Phi) is 7.08. The quantitative estimate of drug-likeness (QED) is 0.563. The Balaban J connectivity index is 1.51. The molecule has 8 heteroatoms. The third kappa shape index (κ3) is 5.61. The van der Waals surface area contributed by atoms with Crippen LogP contribution in [0.3, 0.4) is 0 Å². The first-order chi connectivity index (χ1) is 14.5. The lowest BCUT2D eigenvalue weighted by molar-refractivity contribution is -0.116. The predicted octanol–water partition coefficient (Wildman–Crippen LogP) is 5.16. The van der Waals surface area contributed by atoms with Gasteiger partial charge in [0.1, 0.15) is 0 Å². The third-order valence-electron chi connectivity index (χ3n) is 4.33. The van der Waals surface area contributed by atoms with E-state index in [0.717, 1.165) is 5.56 Å². The van der Waals surface area contributed by atoms with Crippen molar-refractivity contribution in [3.8, 4) is 11.3 Å². The molecular weight excluding hydrogens is 406 g/mol. The summed E-state index contributed by atoms with van der Waals surface area (Å²) in [4.78, 5) is 29.6. The molecule has 0 radical (unpaired) electrons. The Bertz CT molecular complexity index is 1000. The Morgan fingerprint density at radius 2 is 1.83 bits per heavy atom. The minimum Gasteiger partial charge on any atom is -0.449 e. The monoisotopic (exact) mass is 427 g/mol. The Morgan fingerprint density at radius 3 is 2.50 bits per heavy atom. The number of oxazole rings is 1. The number of aromatic nitrogens is 1. The molecule has 0 aliphatic rings. The van der Waals surface area contributed by atoms with Crippen LogP contribution in [0.15, 0.2) is 59.1 Å². The van der Waals surface area contributed by atoms with Gasteiger partial charge in [0, 0.05) is 41.9 Å². The smallest absolute Gasteiger partial charge is 0.413 e. The topological polar surface area (TPSA) is 84.7 Å². The summed E-state index contributed by atoms with van der Waals surface area (Å²) in [5.41, 5.74) is 2.17. The molecule has 0 saturated carbocycles. The number of benzene rings is 2. The van der Waals surface area contributed by atoms with Crippen LogP contribution in [0, 0.1) is 0 Å². The minimum absolute atomic E-state index is 0.159. The van der Waals surface area contributed by atoms with Gasteiger partial charge in [0.15, 0.2) is 11.7 Å². The van der Waals surface area contributed by atoms with Crippen LogP contribution >= 0.6 is 11.6 Å². The first-order valence-corrected chi connectivity index (χ1v) is 9.85. The number of amides is 2. The van der Waals surface area contributed by atoms with Gasteiger partial charge in [-0.25, -0.2) is 9.78 Å². The van der Waals surface area contributed by atoms with Gasteiger partial charge in [-0.15, -0.1) is 0 Å². The van der Waals surface area contributed by atoms with Gasteiger partial charge in [-0.3, -0.25) is 9.69 Å². The molecule has 2 aromatic carbocycles. The zero-order chi connectivity index (χ0) is 21.5. The Morgan fingerprint density at radius 1 is 1.13 bits per heavy atom. The molecule has 0 aliphatic heterocycles. The fourth-order valence-corrected chi connectivity index (χ4v) is 2.84. The summed E-state index contributed by atoms with van der Waals surface area (Å²) in [6.07, 6.45) is 1.81. The van der Waals surface area contributed by atoms with Crippen molar-refractivity contribution in [3.63, 3.8) is 0 Å². The first-order valence-electron chi connectivity index (χ1n) is 9.47. The lowest BCUT2D eigenvalue weighted by atomic mass is 10.2. The molecule has 1 N–H and O–H groups in total. The number of anilines is 2. The van der Waals surface area contributed by atoms with Gasteiger partial charge in [0.05, 0.1) is 12.8 Å². The normalized spacial score (nSPS) is 10.5. The van der Waals surface area contributed by atoms with Crippen molar-refractivity contribution in [2.45, 2.75) is 19.8 Å². The first kappa shape index (κ1) is 21.4. The second-order valence-electron chi connectivity index (χ2n) is 6.48. The van der Waals surface area contributed by atoms with Gasteiger partial charge in [0.25, 0.3) is 0 Å². The van der Waals surface area contributed by atoms with Gasteiger partial charge < -0.3 is 14.5 Å². The molecule has 2 amide bonds. The maximum atomic E-state index is 12.2. The summed E-state index contributed by atoms with van der Waals surface area (Å²) < 4.78 is 10.7. The number of ether oxygens (including phenoxy) is 1. The molecule has 0 fully saturated rings. The van der Waals surface area contributed by atoms with Gasteiger partial charge in [-0.05, 0) is 55.5 Å². The van der Waals surface area contributed by atoms with Crippen molar-refractivity contribution >= 4 is 35.0 Å². The van der Waals surface area contributed by atoms with E-state index in [1.54, 1.807) is 56.6 Å². The van der Waals surface area contributed by atoms with Crippen molar-refractivity contribution in [2.24, 2.45) is 0 Å². The fraction of sp³-hybridized carbons (Fsp3) is 0.227. The van der Waals surface area contributed by atoms with Crippen LogP contribution < -0.4 is 10.2 Å². The van der Waals surface area contributed by atoms with Gasteiger partial charge in [0.2, 0.25) is 5.91 Å². The van der Waals surface area contributed by atoms with Crippen molar-refractivity contribution in [1.29, 1.82) is 0 Å². The van der Waals surface area contributed by atoms with Crippen LogP contribution in [0.1, 0.15) is 19.2 Å². The van der Waals surface area contributed by atoms with E-state index in [0.29, 0.717) is 41.1 Å². The molecule has 7 nitrogen and oxygen atoms in total. The van der Waals surface area contributed by atoms with E-state index in [-0.39, 0.29) is 12.3 Å². The predicted molar refractivity (Wildman–Crippen MR) is 116 cm³/mol. The van der Waals surface area contributed by atoms with Gasteiger partial charge >= 0.3 is 6.09 Å². The average molecular weight is 428 g/mol. The van der Waals surface area contributed by atoms with Crippen molar-refractivity contribution in [1.82, 2.24) is 4.98 Å². The molecular formula is C22H22ClN3O4. The lowest BCUT2D eigenvalue weighted by Gasteiger charge is -2.16. The Labute approximate surface area is 179 Å². The summed E-state index contributed by atoms with van der Waals surface area (Å²) in [5.74, 6) is 0.956. The number of aryl methyl sites for hydroxylation is 1. The number of hydrogen-bond donors (Lipinski definition) is 1. The van der Waals surface area contributed by atoms with E-state index in [1.807, 2.05) is 12.1 Å². The van der Waals surface area contributed by atoms with E-state index in [1.165, 1.54) is 4.90 Å². The maximum Gasteiger partial charge on any atom is 0.413 e. The van der Waals surface area contributed by atoms with Crippen LogP contribution in [-0.4, -0.2) is 30.6 Å². The highest BCUT2D eigenvalue weighted by Crippen LogP contribution is 2.23. The summed E-state index contributed by atoms with van der Waals surface area (Å²) in [6.45, 7) is 2.06. The third-order valence-corrected chi connectivity index (χ3v) is 4.58. The van der Waals surface area contributed by atoms with Crippen molar-refractivity contribution in [2.75, 3.05) is 23.9 Å². The van der Waals surface area contributed by atoms with E-state index < -0.39 is 6.09 Å². The number of halogens is 1. The summed E-state index contributed by atoms with van der Waals surface area (Å²) in [5, 5.41) is 3.47. The SMILES string of the molecule is CCOC(=O)N(C)c1ccc(NC(=O)CCc2ncc(-c3ccc(Cl)cc3)o2)cc1. The van der Waals surface area contributed by atoms with E-state index >= 15 is 0 Å². The van der Waals surface area contributed by atoms with Crippen LogP contribution in [0.4, 0.5) is 16.2 Å². The van der Waals surface area contributed by atoms with Crippen molar-refractivity contribution < 1.29 is 18.7 Å². The molecule has 0 bridgehead atoms. The number of hydrogen-bond acceptors (Lipinski definition) is 5. The van der Waals surface area contributed by atoms with E-state index in [2.05, 4.69) is 10.3 Å². The number of nitrogens with zero attached hydrogens (tertiary/aromatic N) is 2. The zero-order valence-electron chi connectivity index (χ0n) is 16.7. The molecule has 0 saturated heterocycles. The second kappa shape index (κ2) is 9.93. The molecule has 0 unspecified atom stereocenters. The highest BCUT2D eigenvalue weighted by atomic mass is 35.5. The molecule has 30 heavy (non-hydrogen) atoms. The minimum atomic E-state index is -0.432. The molecule has 3 aromatic rings. The lowest BCUT2D eigenvalue weighted by Crippen LogP contribution is -2.26. The highest BCUT2D eigenvalue weighted by molar-refractivity contribution is 6.30. The van der Waals surface area contributed by atoms with Gasteiger partial charge in [-0.2, -0.15) is 0 Å². The number of carbonyl (C=O) groups excluding carboxylic acids is 2. The summed E-state index contributed by atoms with van der Waals surface area (Å²) in [6, 6.07) is 14.2. The molecule has 156 valence electrons. The Hall–Kier alpha value is -3.32. The second-order valence-corrected chi connectivity index (χ2v) is 6.91. The molecule has 1 aromatic heterocycles. The van der Waals surface area contributed by atoms with Crippen LogP contribution in [0.25, 0.3) is 11.3 Å². The fourth-order valence-electron chi connectivity index (χ4n) is 2.71. The van der Waals surface area contributed by atoms with Crippen LogP contribution in [0.2, 0.25) is 5.02 Å². The standard InChI is InChI=1S/C22H22ClN3O4/c1-3-29-22(28)26(2)18-10-8-17(9-11-18)25-20(27)12-13-21-24-14-19(30-21)15-4-6-16(23)7-5-15/h4-11,14H,3,12-13H2,1-2H3,(H,25,27). The largest absolute Gasteiger partial charge is 0.449 e. The number of rotatable bonds is 7. The van der Waals surface area contributed by atoms with Gasteiger partial charge in [-0.1, -0.05) is 11.6 Å². The molecule has 0 atom stereocenters. The maximum absolute atomic E-state index is 12.2. The van der Waals surface area contributed by atoms with E-state index in [4.69, 9.17) is 20.8 Å². The van der Waals surface area contributed by atoms with Crippen LogP contribution in [-0.2, 0) is 16.0 Å². The van der Waals surface area contributed by atoms with Crippen molar-refractivity contribution in [3.05, 3.63) is 65.6 Å². The number of nitrogens with one attached hydrogen (secondary N) is 1. The number of carbonyl (C=O) groups is 2. The van der Waals surface area contributed by atoms with Crippen LogP contribution in [0.5, 0.6) is 0 Å². The molecule has 0 spiro atoms. The van der Waals surface area contributed by atoms with E-state index in [9.17, 15) is 9.59 Å². The summed E-state index contributed by atoms with van der Waals surface area (Å²) in [7, 11) is 1.63. The average Bonchev–Trinajstić information content (AvgIpc) is 3.22. The highest BCUT2D eigenvalue weighted by Gasteiger charge is 2.12. The summed E-state index contributed by atoms with van der Waals surface area (Å²) >= 11 is 5.89. The molecule has 0 aliphatic carbocycles.